The molecule has 0 amide bonds. The normalized spacial score (nSPS) is 18.6. The fraction of sp³-hybridized carbons (Fsp3) is 0.636. The molecule has 0 saturated heterocycles. The lowest BCUT2D eigenvalue weighted by molar-refractivity contribution is 0.332. The standard InChI is InChI=1S/C11H17BrN4/c12-9-5-14-8-16-10(9)15-7-11(6-13)3-1-2-4-11/h5,8H,1-4,6-7,13H2,(H,14,15,16). The van der Waals surface area contributed by atoms with E-state index in [0.29, 0.717) is 0 Å². The predicted molar refractivity (Wildman–Crippen MR) is 68.2 cm³/mol. The van der Waals surface area contributed by atoms with Crippen LogP contribution >= 0.6 is 15.9 Å². The first-order valence-corrected chi connectivity index (χ1v) is 6.44. The molecule has 0 unspecified atom stereocenters. The largest absolute Gasteiger partial charge is 0.368 e. The summed E-state index contributed by atoms with van der Waals surface area (Å²) in [6.07, 6.45) is 8.34. The first-order chi connectivity index (χ1) is 7.76. The van der Waals surface area contributed by atoms with Crippen molar-refractivity contribution < 1.29 is 0 Å². The summed E-state index contributed by atoms with van der Waals surface area (Å²) >= 11 is 3.43. The minimum Gasteiger partial charge on any atom is -0.368 e. The molecule has 5 heteroatoms. The molecule has 0 bridgehead atoms. The molecule has 0 spiro atoms. The first kappa shape index (κ1) is 11.8. The van der Waals surface area contributed by atoms with Gasteiger partial charge < -0.3 is 11.1 Å². The average molecular weight is 285 g/mol. The molecule has 0 radical (unpaired) electrons. The van der Waals surface area contributed by atoms with E-state index in [0.717, 1.165) is 23.4 Å². The predicted octanol–water partition coefficient (Wildman–Crippen LogP) is 2.17. The molecular weight excluding hydrogens is 268 g/mol. The van der Waals surface area contributed by atoms with Gasteiger partial charge in [0.15, 0.2) is 0 Å². The highest BCUT2D eigenvalue weighted by atomic mass is 79.9. The Hall–Kier alpha value is -0.680. The number of nitrogens with zero attached hydrogens (tertiary/aromatic N) is 2. The molecule has 1 heterocycles. The van der Waals surface area contributed by atoms with Crippen molar-refractivity contribution in [3.8, 4) is 0 Å². The van der Waals surface area contributed by atoms with E-state index < -0.39 is 0 Å². The summed E-state index contributed by atoms with van der Waals surface area (Å²) in [6.45, 7) is 1.65. The second-order valence-corrected chi connectivity index (χ2v) is 5.34. The van der Waals surface area contributed by atoms with Crippen molar-refractivity contribution in [3.05, 3.63) is 17.0 Å². The van der Waals surface area contributed by atoms with E-state index in [-0.39, 0.29) is 5.41 Å². The highest BCUT2D eigenvalue weighted by molar-refractivity contribution is 9.10. The van der Waals surface area contributed by atoms with Crippen LogP contribution in [-0.4, -0.2) is 23.1 Å². The molecule has 0 atom stereocenters. The lowest BCUT2D eigenvalue weighted by Gasteiger charge is -2.27. The van der Waals surface area contributed by atoms with Crippen molar-refractivity contribution in [2.45, 2.75) is 25.7 Å². The van der Waals surface area contributed by atoms with Crippen LogP contribution in [0.1, 0.15) is 25.7 Å². The van der Waals surface area contributed by atoms with Gasteiger partial charge in [0.1, 0.15) is 12.1 Å². The van der Waals surface area contributed by atoms with Gasteiger partial charge in [0, 0.05) is 12.7 Å². The molecule has 1 aromatic heterocycles. The summed E-state index contributed by atoms with van der Waals surface area (Å²) in [5, 5.41) is 3.37. The molecule has 1 aromatic rings. The van der Waals surface area contributed by atoms with Crippen molar-refractivity contribution in [3.63, 3.8) is 0 Å². The van der Waals surface area contributed by atoms with Gasteiger partial charge in [0.05, 0.1) is 4.47 Å². The van der Waals surface area contributed by atoms with Gasteiger partial charge in [-0.1, -0.05) is 12.8 Å². The minimum atomic E-state index is 0.268. The van der Waals surface area contributed by atoms with Gasteiger partial charge in [0.2, 0.25) is 0 Å². The van der Waals surface area contributed by atoms with Gasteiger partial charge in [-0.2, -0.15) is 0 Å². The molecule has 4 nitrogen and oxygen atoms in total. The van der Waals surface area contributed by atoms with Gasteiger partial charge in [0.25, 0.3) is 0 Å². The second kappa shape index (κ2) is 5.10. The molecule has 0 aliphatic heterocycles. The van der Waals surface area contributed by atoms with Crippen LogP contribution < -0.4 is 11.1 Å². The van der Waals surface area contributed by atoms with Gasteiger partial charge in [-0.3, -0.25) is 0 Å². The van der Waals surface area contributed by atoms with Crippen LogP contribution in [0, 0.1) is 5.41 Å². The van der Waals surface area contributed by atoms with Crippen LogP contribution in [-0.2, 0) is 0 Å². The Balaban J connectivity index is 1.98. The van der Waals surface area contributed by atoms with Gasteiger partial charge in [-0.05, 0) is 40.7 Å². The van der Waals surface area contributed by atoms with Crippen LogP contribution in [0.5, 0.6) is 0 Å². The Labute approximate surface area is 104 Å². The highest BCUT2D eigenvalue weighted by Gasteiger charge is 2.32. The molecule has 2 rings (SSSR count). The number of aromatic nitrogens is 2. The number of nitrogens with one attached hydrogen (secondary N) is 1. The van der Waals surface area contributed by atoms with E-state index in [2.05, 4.69) is 31.2 Å². The summed E-state index contributed by atoms with van der Waals surface area (Å²) in [6, 6.07) is 0. The summed E-state index contributed by atoms with van der Waals surface area (Å²) in [5.74, 6) is 0.856. The number of halogens is 1. The monoisotopic (exact) mass is 284 g/mol. The third-order valence-corrected chi connectivity index (χ3v) is 3.98. The van der Waals surface area contributed by atoms with Crippen LogP contribution in [0.15, 0.2) is 17.0 Å². The molecule has 1 fully saturated rings. The maximum atomic E-state index is 5.89. The molecule has 16 heavy (non-hydrogen) atoms. The number of anilines is 1. The maximum Gasteiger partial charge on any atom is 0.143 e. The third-order valence-electron chi connectivity index (χ3n) is 3.40. The van der Waals surface area contributed by atoms with Crippen LogP contribution in [0.25, 0.3) is 0 Å². The molecule has 1 saturated carbocycles. The number of hydrogen-bond acceptors (Lipinski definition) is 4. The first-order valence-electron chi connectivity index (χ1n) is 5.65. The zero-order chi connectivity index (χ0) is 11.4. The van der Waals surface area contributed by atoms with Crippen molar-refractivity contribution in [1.82, 2.24) is 9.97 Å². The zero-order valence-corrected chi connectivity index (χ0v) is 10.8. The summed E-state index contributed by atoms with van der Waals surface area (Å²) in [7, 11) is 0. The molecule has 1 aliphatic rings. The van der Waals surface area contributed by atoms with Crippen LogP contribution in [0.2, 0.25) is 0 Å². The molecule has 0 aromatic carbocycles. The topological polar surface area (TPSA) is 63.8 Å². The van der Waals surface area contributed by atoms with E-state index in [1.807, 2.05) is 0 Å². The van der Waals surface area contributed by atoms with Crippen molar-refractivity contribution in [2.75, 3.05) is 18.4 Å². The van der Waals surface area contributed by atoms with E-state index in [9.17, 15) is 0 Å². The molecule has 3 N–H and O–H groups in total. The van der Waals surface area contributed by atoms with E-state index in [1.165, 1.54) is 25.7 Å². The van der Waals surface area contributed by atoms with Crippen LogP contribution in [0.4, 0.5) is 5.82 Å². The molecule has 88 valence electrons. The second-order valence-electron chi connectivity index (χ2n) is 4.48. The third kappa shape index (κ3) is 2.52. The van der Waals surface area contributed by atoms with Crippen LogP contribution in [0.3, 0.4) is 0 Å². The number of rotatable bonds is 4. The highest BCUT2D eigenvalue weighted by Crippen LogP contribution is 2.37. The SMILES string of the molecule is NCC1(CNc2ncncc2Br)CCCC1. The fourth-order valence-electron chi connectivity index (χ4n) is 2.29. The van der Waals surface area contributed by atoms with E-state index in [1.54, 1.807) is 12.5 Å². The number of nitrogens with two attached hydrogens (primary N) is 1. The Morgan fingerprint density at radius 1 is 1.44 bits per heavy atom. The minimum absolute atomic E-state index is 0.268. The summed E-state index contributed by atoms with van der Waals surface area (Å²) in [5.41, 5.74) is 6.15. The van der Waals surface area contributed by atoms with Crippen molar-refractivity contribution in [1.29, 1.82) is 0 Å². The Morgan fingerprint density at radius 3 is 2.81 bits per heavy atom. The quantitative estimate of drug-likeness (QED) is 0.890. The lowest BCUT2D eigenvalue weighted by Crippen LogP contribution is -2.34. The van der Waals surface area contributed by atoms with Gasteiger partial charge in [-0.15, -0.1) is 0 Å². The fourth-order valence-corrected chi connectivity index (χ4v) is 2.65. The smallest absolute Gasteiger partial charge is 0.143 e. The molecular formula is C11H17BrN4. The van der Waals surface area contributed by atoms with E-state index >= 15 is 0 Å². The number of hydrogen-bond donors (Lipinski definition) is 2. The average Bonchev–Trinajstić information content (AvgIpc) is 2.78. The van der Waals surface area contributed by atoms with E-state index in [4.69, 9.17) is 5.73 Å². The molecule has 1 aliphatic carbocycles. The summed E-state index contributed by atoms with van der Waals surface area (Å²) in [4.78, 5) is 8.13. The van der Waals surface area contributed by atoms with Crippen molar-refractivity contribution >= 4 is 21.7 Å². The van der Waals surface area contributed by atoms with Crippen molar-refractivity contribution in [2.24, 2.45) is 11.1 Å². The Bertz CT molecular complexity index is 350. The Kier molecular flexibility index (Phi) is 3.76. The maximum absolute atomic E-state index is 5.89. The Morgan fingerprint density at radius 2 is 2.19 bits per heavy atom. The zero-order valence-electron chi connectivity index (χ0n) is 9.25. The summed E-state index contributed by atoms with van der Waals surface area (Å²) < 4.78 is 0.903. The van der Waals surface area contributed by atoms with Gasteiger partial charge in [-0.25, -0.2) is 9.97 Å². The van der Waals surface area contributed by atoms with Gasteiger partial charge >= 0.3 is 0 Å². The lowest BCUT2D eigenvalue weighted by atomic mass is 9.86.